The summed E-state index contributed by atoms with van der Waals surface area (Å²) in [5.74, 6) is -3.42. The molecule has 6 atom stereocenters. The second-order valence-corrected chi connectivity index (χ2v) is 14.2. The molecular weight excluding hydrogens is 600 g/mol. The minimum Gasteiger partial charge on any atom is -0.504 e. The van der Waals surface area contributed by atoms with E-state index in [0.717, 1.165) is 69.8 Å². The van der Waals surface area contributed by atoms with Crippen LogP contribution in [0.4, 0.5) is 0 Å². The van der Waals surface area contributed by atoms with Crippen LogP contribution in [0.1, 0.15) is 88.5 Å². The highest BCUT2D eigenvalue weighted by atomic mass is 79.9. The molecular formula is C33H39BrN2O6. The predicted octanol–water partition coefficient (Wildman–Crippen LogP) is 5.46. The van der Waals surface area contributed by atoms with E-state index in [2.05, 4.69) is 22.0 Å². The number of carbonyl (C=O) groups excluding carboxylic acids is 4. The molecule has 0 radical (unpaired) electrons. The van der Waals surface area contributed by atoms with Crippen LogP contribution in [0.5, 0.6) is 11.5 Å². The number of phenolic OH excluding ortho intramolecular Hbond substituents is 1. The zero-order valence-electron chi connectivity index (χ0n) is 24.1. The van der Waals surface area contributed by atoms with Crippen LogP contribution in [0.3, 0.4) is 0 Å². The van der Waals surface area contributed by atoms with Crippen LogP contribution in [0.25, 0.3) is 0 Å². The number of carbonyl (C=O) groups is 4. The molecule has 0 spiro atoms. The minimum absolute atomic E-state index is 0.0465. The van der Waals surface area contributed by atoms with Gasteiger partial charge in [-0.05, 0) is 56.6 Å². The van der Waals surface area contributed by atoms with Crippen molar-refractivity contribution in [2.24, 2.45) is 29.6 Å². The topological polar surface area (TPSA) is 104 Å². The summed E-state index contributed by atoms with van der Waals surface area (Å²) in [7, 11) is 1.49. The van der Waals surface area contributed by atoms with E-state index >= 15 is 0 Å². The maximum Gasteiger partial charge on any atom is 0.234 e. The third-order valence-corrected chi connectivity index (χ3v) is 11.7. The Kier molecular flexibility index (Phi) is 7.22. The van der Waals surface area contributed by atoms with Crippen molar-refractivity contribution < 1.29 is 29.0 Å². The van der Waals surface area contributed by atoms with Crippen molar-refractivity contribution in [2.75, 3.05) is 7.11 Å². The summed E-state index contributed by atoms with van der Waals surface area (Å²) in [4.78, 5) is 59.5. The van der Waals surface area contributed by atoms with Gasteiger partial charge in [-0.1, -0.05) is 66.1 Å². The SMILES string of the molecule is COc1cc(Br)cc([C@H]2C3=CC[C@@H]4C(=O)N(C5CCCCC5)C(=O)[C@@H]4[C@@H]3C[C@H]3C(=O)N(C4CCCCC4)C(=O)[C@@H]23)c1O. The summed E-state index contributed by atoms with van der Waals surface area (Å²) < 4.78 is 6.17. The quantitative estimate of drug-likeness (QED) is 0.347. The first-order valence-corrected chi connectivity index (χ1v) is 16.6. The number of hydrogen-bond acceptors (Lipinski definition) is 6. The summed E-state index contributed by atoms with van der Waals surface area (Å²) in [5, 5.41) is 11.4. The Morgan fingerprint density at radius 1 is 0.762 bits per heavy atom. The third-order valence-electron chi connectivity index (χ3n) is 11.2. The number of imide groups is 2. The molecule has 1 N–H and O–H groups in total. The Labute approximate surface area is 255 Å². The smallest absolute Gasteiger partial charge is 0.234 e. The molecule has 6 aliphatic rings. The maximum atomic E-state index is 14.3. The Bertz CT molecular complexity index is 1360. The van der Waals surface area contributed by atoms with Crippen molar-refractivity contribution in [2.45, 2.75) is 95.1 Å². The van der Waals surface area contributed by atoms with E-state index in [0.29, 0.717) is 22.9 Å². The highest BCUT2D eigenvalue weighted by Gasteiger charge is 2.63. The minimum atomic E-state index is -0.662. The molecule has 4 amide bonds. The van der Waals surface area contributed by atoms with Gasteiger partial charge in [0.15, 0.2) is 11.5 Å². The molecule has 0 unspecified atom stereocenters. The van der Waals surface area contributed by atoms with Crippen molar-refractivity contribution >= 4 is 39.6 Å². The zero-order chi connectivity index (χ0) is 29.3. The van der Waals surface area contributed by atoms with E-state index < -0.39 is 29.6 Å². The van der Waals surface area contributed by atoms with Gasteiger partial charge in [0.1, 0.15) is 0 Å². The number of hydrogen-bond donors (Lipinski definition) is 1. The van der Waals surface area contributed by atoms with Crippen LogP contribution in [0, 0.1) is 29.6 Å². The Balaban J connectivity index is 1.33. The molecule has 8 nitrogen and oxygen atoms in total. The molecule has 224 valence electrons. The van der Waals surface area contributed by atoms with Crippen LogP contribution in [0.15, 0.2) is 28.3 Å². The number of fused-ring (bicyclic) bond motifs is 4. The molecule has 7 rings (SSSR count). The van der Waals surface area contributed by atoms with E-state index in [-0.39, 0.29) is 53.1 Å². The molecule has 1 aromatic carbocycles. The number of amides is 4. The molecule has 5 fully saturated rings. The van der Waals surface area contributed by atoms with Gasteiger partial charge in [-0.25, -0.2) is 0 Å². The number of methoxy groups -OCH3 is 1. The lowest BCUT2D eigenvalue weighted by atomic mass is 9.57. The summed E-state index contributed by atoms with van der Waals surface area (Å²) >= 11 is 3.55. The fourth-order valence-electron chi connectivity index (χ4n) is 9.37. The van der Waals surface area contributed by atoms with Gasteiger partial charge >= 0.3 is 0 Å². The molecule has 0 aromatic heterocycles. The highest BCUT2D eigenvalue weighted by molar-refractivity contribution is 9.10. The average Bonchev–Trinajstić information content (AvgIpc) is 3.41. The van der Waals surface area contributed by atoms with E-state index in [4.69, 9.17) is 4.74 Å². The third kappa shape index (κ3) is 4.20. The van der Waals surface area contributed by atoms with Crippen molar-refractivity contribution in [3.05, 3.63) is 33.8 Å². The second kappa shape index (κ2) is 10.8. The number of allylic oxidation sites excluding steroid dienone is 2. The van der Waals surface area contributed by atoms with Crippen LogP contribution >= 0.6 is 15.9 Å². The monoisotopic (exact) mass is 638 g/mol. The molecule has 2 aliphatic heterocycles. The number of rotatable bonds is 4. The maximum absolute atomic E-state index is 14.3. The second-order valence-electron chi connectivity index (χ2n) is 13.2. The number of phenols is 1. The highest BCUT2D eigenvalue weighted by Crippen LogP contribution is 2.60. The molecule has 42 heavy (non-hydrogen) atoms. The van der Waals surface area contributed by atoms with Crippen molar-refractivity contribution in [1.82, 2.24) is 9.80 Å². The summed E-state index contributed by atoms with van der Waals surface area (Å²) in [6.45, 7) is 0. The summed E-state index contributed by atoms with van der Waals surface area (Å²) in [5.41, 5.74) is 1.43. The first kappa shape index (κ1) is 28.1. The van der Waals surface area contributed by atoms with E-state index in [1.165, 1.54) is 7.11 Å². The molecule has 2 saturated heterocycles. The lowest BCUT2D eigenvalue weighted by Crippen LogP contribution is -2.44. The first-order valence-electron chi connectivity index (χ1n) is 15.8. The van der Waals surface area contributed by atoms with Gasteiger partial charge in [0.05, 0.1) is 30.8 Å². The fraction of sp³-hybridized carbons (Fsp3) is 0.636. The van der Waals surface area contributed by atoms with Gasteiger partial charge in [0.25, 0.3) is 0 Å². The Morgan fingerprint density at radius 3 is 1.93 bits per heavy atom. The number of halogens is 1. The number of nitrogens with zero attached hydrogens (tertiary/aromatic N) is 2. The van der Waals surface area contributed by atoms with E-state index in [1.54, 1.807) is 15.9 Å². The van der Waals surface area contributed by atoms with Crippen LogP contribution < -0.4 is 4.74 Å². The van der Waals surface area contributed by atoms with Gasteiger partial charge in [0, 0.05) is 28.0 Å². The number of likely N-dealkylation sites (tertiary alicyclic amines) is 2. The fourth-order valence-corrected chi connectivity index (χ4v) is 9.83. The van der Waals surface area contributed by atoms with Gasteiger partial charge < -0.3 is 9.84 Å². The van der Waals surface area contributed by atoms with Gasteiger partial charge in [0.2, 0.25) is 23.6 Å². The summed E-state index contributed by atoms with van der Waals surface area (Å²) in [6.07, 6.45) is 12.5. The van der Waals surface area contributed by atoms with Crippen LogP contribution in [-0.2, 0) is 19.2 Å². The van der Waals surface area contributed by atoms with Gasteiger partial charge in [-0.15, -0.1) is 0 Å². The van der Waals surface area contributed by atoms with Gasteiger partial charge in [-0.2, -0.15) is 0 Å². The molecule has 9 heteroatoms. The molecule has 4 aliphatic carbocycles. The lowest BCUT2D eigenvalue weighted by Gasteiger charge is -2.44. The van der Waals surface area contributed by atoms with E-state index in [9.17, 15) is 24.3 Å². The molecule has 0 bridgehead atoms. The lowest BCUT2D eigenvalue weighted by molar-refractivity contribution is -0.145. The van der Waals surface area contributed by atoms with Gasteiger partial charge in [-0.3, -0.25) is 29.0 Å². The van der Waals surface area contributed by atoms with Crippen molar-refractivity contribution in [3.63, 3.8) is 0 Å². The normalized spacial score (nSPS) is 33.9. The Morgan fingerprint density at radius 2 is 1.33 bits per heavy atom. The molecule has 2 heterocycles. The first-order chi connectivity index (χ1) is 20.3. The summed E-state index contributed by atoms with van der Waals surface area (Å²) in [6, 6.07) is 3.34. The number of ether oxygens (including phenoxy) is 1. The standard InChI is InChI=1S/C33H39BrN2O6/c1-42-25-15-17(34)14-23(29(25)37)26-20-12-13-21-27(32(40)35(30(21)38)18-8-4-2-5-9-18)22(20)16-24-28(26)33(41)36(31(24)39)19-10-6-3-7-11-19/h12,14-15,18-19,21-22,24,26-28,37H,2-11,13,16H2,1H3/t21-,22+,24+,26+,27-,28+/m0/s1. The zero-order valence-corrected chi connectivity index (χ0v) is 25.7. The van der Waals surface area contributed by atoms with Crippen LogP contribution in [-0.4, -0.2) is 57.7 Å². The number of aromatic hydroxyl groups is 1. The van der Waals surface area contributed by atoms with E-state index in [1.807, 2.05) is 6.07 Å². The molecule has 1 aromatic rings. The largest absolute Gasteiger partial charge is 0.504 e. The van der Waals surface area contributed by atoms with Crippen molar-refractivity contribution in [3.8, 4) is 11.5 Å². The van der Waals surface area contributed by atoms with Crippen molar-refractivity contribution in [1.29, 1.82) is 0 Å². The van der Waals surface area contributed by atoms with Crippen LogP contribution in [0.2, 0.25) is 0 Å². The Hall–Kier alpha value is -2.68. The molecule has 3 saturated carbocycles. The average molecular weight is 640 g/mol. The number of benzene rings is 1. The predicted molar refractivity (Wildman–Crippen MR) is 157 cm³/mol.